The molecule has 1 heterocycles. The van der Waals surface area contributed by atoms with Gasteiger partial charge in [-0.2, -0.15) is 0 Å². The molecule has 1 fully saturated rings. The second-order valence-corrected chi connectivity index (χ2v) is 6.89. The number of ether oxygens (including phenoxy) is 1. The van der Waals surface area contributed by atoms with Gasteiger partial charge >= 0.3 is 0 Å². The standard InChI is InChI=1S/C19H27ClN4O/c1-21-19(23-17-4-2-3-5-17)22-14-18(24-10-12-25-13-11-24)15-6-8-16(20)9-7-15/h2-3,6-9,17-18H,4-5,10-14H2,1H3,(H2,21,22,23). The Morgan fingerprint density at radius 1 is 1.24 bits per heavy atom. The lowest BCUT2D eigenvalue weighted by Crippen LogP contribution is -2.48. The fourth-order valence-electron chi connectivity index (χ4n) is 3.35. The fraction of sp³-hybridized carbons (Fsp3) is 0.526. The van der Waals surface area contributed by atoms with Gasteiger partial charge in [0.2, 0.25) is 0 Å². The first kappa shape index (κ1) is 18.2. The van der Waals surface area contributed by atoms with Crippen LogP contribution >= 0.6 is 11.6 Å². The summed E-state index contributed by atoms with van der Waals surface area (Å²) in [5, 5.41) is 7.77. The molecule has 1 atom stereocenters. The number of hydrogen-bond acceptors (Lipinski definition) is 3. The van der Waals surface area contributed by atoms with E-state index in [1.165, 1.54) is 5.56 Å². The van der Waals surface area contributed by atoms with E-state index in [2.05, 4.69) is 44.8 Å². The first-order valence-corrected chi connectivity index (χ1v) is 9.33. The van der Waals surface area contributed by atoms with Gasteiger partial charge in [-0.3, -0.25) is 9.89 Å². The average Bonchev–Trinajstić information content (AvgIpc) is 3.16. The zero-order chi connectivity index (χ0) is 17.5. The number of guanidine groups is 1. The summed E-state index contributed by atoms with van der Waals surface area (Å²) in [4.78, 5) is 6.84. The number of hydrogen-bond donors (Lipinski definition) is 2. The Labute approximate surface area is 155 Å². The Bertz CT molecular complexity index is 588. The number of benzene rings is 1. The van der Waals surface area contributed by atoms with Gasteiger partial charge < -0.3 is 15.4 Å². The van der Waals surface area contributed by atoms with Crippen molar-refractivity contribution in [2.75, 3.05) is 39.9 Å². The highest BCUT2D eigenvalue weighted by Crippen LogP contribution is 2.23. The molecule has 2 aliphatic rings. The van der Waals surface area contributed by atoms with Crippen LogP contribution in [0.4, 0.5) is 0 Å². The van der Waals surface area contributed by atoms with Crippen molar-refractivity contribution >= 4 is 17.6 Å². The zero-order valence-electron chi connectivity index (χ0n) is 14.7. The van der Waals surface area contributed by atoms with Gasteiger partial charge in [0.15, 0.2) is 5.96 Å². The van der Waals surface area contributed by atoms with Crippen LogP contribution < -0.4 is 10.6 Å². The minimum Gasteiger partial charge on any atom is -0.379 e. The Morgan fingerprint density at radius 3 is 2.56 bits per heavy atom. The Kier molecular flexibility index (Phi) is 6.73. The molecule has 0 amide bonds. The van der Waals surface area contributed by atoms with Crippen LogP contribution in [0.3, 0.4) is 0 Å². The van der Waals surface area contributed by atoms with Crippen molar-refractivity contribution in [2.24, 2.45) is 4.99 Å². The highest BCUT2D eigenvalue weighted by atomic mass is 35.5. The second kappa shape index (κ2) is 9.22. The van der Waals surface area contributed by atoms with Crippen molar-refractivity contribution in [3.05, 3.63) is 47.0 Å². The third kappa shape index (κ3) is 5.21. The molecule has 3 rings (SSSR count). The predicted octanol–water partition coefficient (Wildman–Crippen LogP) is 2.60. The number of nitrogens with zero attached hydrogens (tertiary/aromatic N) is 2. The van der Waals surface area contributed by atoms with Crippen molar-refractivity contribution in [1.29, 1.82) is 0 Å². The number of morpholine rings is 1. The highest BCUT2D eigenvalue weighted by Gasteiger charge is 2.23. The first-order valence-electron chi connectivity index (χ1n) is 8.95. The summed E-state index contributed by atoms with van der Waals surface area (Å²) in [6.45, 7) is 4.23. The maximum atomic E-state index is 6.06. The molecule has 1 aliphatic carbocycles. The number of halogens is 1. The highest BCUT2D eigenvalue weighted by molar-refractivity contribution is 6.30. The summed E-state index contributed by atoms with van der Waals surface area (Å²) in [5.74, 6) is 0.862. The average molecular weight is 363 g/mol. The van der Waals surface area contributed by atoms with Crippen LogP contribution in [0.25, 0.3) is 0 Å². The molecule has 5 nitrogen and oxygen atoms in total. The quantitative estimate of drug-likeness (QED) is 0.480. The van der Waals surface area contributed by atoms with E-state index in [4.69, 9.17) is 16.3 Å². The molecule has 1 aromatic rings. The third-order valence-corrected chi connectivity index (χ3v) is 5.03. The van der Waals surface area contributed by atoms with Crippen LogP contribution in [-0.4, -0.2) is 56.8 Å². The minimum atomic E-state index is 0.265. The topological polar surface area (TPSA) is 48.9 Å². The summed E-state index contributed by atoms with van der Waals surface area (Å²) >= 11 is 6.06. The largest absolute Gasteiger partial charge is 0.379 e. The van der Waals surface area contributed by atoms with Crippen molar-refractivity contribution in [3.8, 4) is 0 Å². The van der Waals surface area contributed by atoms with Crippen LogP contribution in [0.5, 0.6) is 0 Å². The monoisotopic (exact) mass is 362 g/mol. The van der Waals surface area contributed by atoms with E-state index >= 15 is 0 Å². The van der Waals surface area contributed by atoms with E-state index in [1.54, 1.807) is 0 Å². The van der Waals surface area contributed by atoms with E-state index < -0.39 is 0 Å². The molecule has 0 saturated carbocycles. The van der Waals surface area contributed by atoms with Crippen LogP contribution in [0.15, 0.2) is 41.4 Å². The van der Waals surface area contributed by atoms with Crippen molar-refractivity contribution < 1.29 is 4.74 Å². The van der Waals surface area contributed by atoms with E-state index in [1.807, 2.05) is 19.2 Å². The van der Waals surface area contributed by atoms with Gasteiger partial charge in [-0.05, 0) is 30.5 Å². The molecule has 0 bridgehead atoms. The van der Waals surface area contributed by atoms with E-state index in [0.29, 0.717) is 6.04 Å². The Balaban J connectivity index is 1.64. The summed E-state index contributed by atoms with van der Waals surface area (Å²) in [5.41, 5.74) is 1.26. The van der Waals surface area contributed by atoms with Crippen molar-refractivity contribution in [3.63, 3.8) is 0 Å². The molecule has 1 saturated heterocycles. The predicted molar refractivity (Wildman–Crippen MR) is 103 cm³/mol. The van der Waals surface area contributed by atoms with E-state index in [9.17, 15) is 0 Å². The molecule has 25 heavy (non-hydrogen) atoms. The minimum absolute atomic E-state index is 0.265. The zero-order valence-corrected chi connectivity index (χ0v) is 15.5. The third-order valence-electron chi connectivity index (χ3n) is 4.78. The van der Waals surface area contributed by atoms with E-state index in [-0.39, 0.29) is 6.04 Å². The molecule has 1 unspecified atom stereocenters. The molecule has 136 valence electrons. The first-order chi connectivity index (χ1) is 12.3. The lowest BCUT2D eigenvalue weighted by molar-refractivity contribution is 0.0170. The number of rotatable bonds is 5. The van der Waals surface area contributed by atoms with Crippen LogP contribution in [-0.2, 0) is 4.74 Å². The molecular weight excluding hydrogens is 336 g/mol. The van der Waals surface area contributed by atoms with Crippen molar-refractivity contribution in [1.82, 2.24) is 15.5 Å². The maximum Gasteiger partial charge on any atom is 0.191 e. The molecule has 2 N–H and O–H groups in total. The molecule has 1 aromatic carbocycles. The maximum absolute atomic E-state index is 6.06. The summed E-state index contributed by atoms with van der Waals surface area (Å²) in [6.07, 6.45) is 6.56. The van der Waals surface area contributed by atoms with Gasteiger partial charge in [0.05, 0.1) is 19.3 Å². The molecular formula is C19H27ClN4O. The van der Waals surface area contributed by atoms with Crippen molar-refractivity contribution in [2.45, 2.75) is 24.9 Å². The van der Waals surface area contributed by atoms with Gasteiger partial charge in [0.25, 0.3) is 0 Å². The summed E-state index contributed by atoms with van der Waals surface area (Å²) in [6, 6.07) is 8.86. The summed E-state index contributed by atoms with van der Waals surface area (Å²) in [7, 11) is 1.82. The van der Waals surface area contributed by atoms with E-state index in [0.717, 1.165) is 56.7 Å². The van der Waals surface area contributed by atoms with Crippen LogP contribution in [0, 0.1) is 0 Å². The van der Waals surface area contributed by atoms with Gasteiger partial charge in [0.1, 0.15) is 0 Å². The normalized spacial score (nSPS) is 20.6. The number of aliphatic imine (C=N–C) groups is 1. The molecule has 1 aliphatic heterocycles. The molecule has 0 radical (unpaired) electrons. The van der Waals surface area contributed by atoms with Gasteiger partial charge in [-0.25, -0.2) is 0 Å². The molecule has 0 aromatic heterocycles. The molecule has 0 spiro atoms. The Morgan fingerprint density at radius 2 is 1.92 bits per heavy atom. The SMILES string of the molecule is CN=C(NCC(c1ccc(Cl)cc1)N1CCOCC1)NC1CC=CC1. The van der Waals surface area contributed by atoms with Crippen LogP contribution in [0.1, 0.15) is 24.4 Å². The molecule has 6 heteroatoms. The smallest absolute Gasteiger partial charge is 0.191 e. The van der Waals surface area contributed by atoms with Gasteiger partial charge in [-0.1, -0.05) is 35.9 Å². The second-order valence-electron chi connectivity index (χ2n) is 6.45. The summed E-state index contributed by atoms with van der Waals surface area (Å²) < 4.78 is 5.51. The fourth-order valence-corrected chi connectivity index (χ4v) is 3.47. The lowest BCUT2D eigenvalue weighted by Gasteiger charge is -2.35. The van der Waals surface area contributed by atoms with Gasteiger partial charge in [-0.15, -0.1) is 0 Å². The lowest BCUT2D eigenvalue weighted by atomic mass is 10.0. The van der Waals surface area contributed by atoms with Crippen LogP contribution in [0.2, 0.25) is 5.02 Å². The number of nitrogens with one attached hydrogen (secondary N) is 2. The van der Waals surface area contributed by atoms with Gasteiger partial charge in [0, 0.05) is 37.7 Å². The Hall–Kier alpha value is -1.56.